The van der Waals surface area contributed by atoms with E-state index in [-0.39, 0.29) is 34.6 Å². The Labute approximate surface area is 235 Å². The van der Waals surface area contributed by atoms with Crippen molar-refractivity contribution in [2.75, 3.05) is 49.1 Å². The van der Waals surface area contributed by atoms with Crippen LogP contribution in [0, 0.1) is 11.8 Å². The number of piperazine rings is 1. The Morgan fingerprint density at radius 3 is 2.21 bits per heavy atom. The minimum Gasteiger partial charge on any atom is -0.368 e. The average Bonchev–Trinajstić information content (AvgIpc) is 3.74. The number of benzene rings is 2. The minimum absolute atomic E-state index is 0.0418. The van der Waals surface area contributed by atoms with Crippen LogP contribution in [0.4, 0.5) is 11.4 Å². The molecule has 0 aromatic heterocycles. The predicted octanol–water partition coefficient (Wildman–Crippen LogP) is 3.78. The quantitative estimate of drug-likeness (QED) is 0.546. The van der Waals surface area contributed by atoms with Crippen molar-refractivity contribution in [3.8, 4) is 0 Å². The Bertz CT molecular complexity index is 1380. The number of fused-ring (bicyclic) bond motifs is 1. The van der Waals surface area contributed by atoms with Gasteiger partial charge < -0.3 is 14.7 Å². The molecule has 0 bridgehead atoms. The first kappa shape index (κ1) is 26.6. The van der Waals surface area contributed by atoms with Gasteiger partial charge in [0.1, 0.15) is 0 Å². The van der Waals surface area contributed by atoms with Gasteiger partial charge in [0, 0.05) is 73.5 Å². The van der Waals surface area contributed by atoms with Gasteiger partial charge in [-0.1, -0.05) is 17.7 Å². The number of rotatable bonds is 5. The van der Waals surface area contributed by atoms with E-state index in [0.29, 0.717) is 50.5 Å². The highest BCUT2D eigenvalue weighted by Crippen LogP contribution is 2.40. The molecule has 1 aliphatic carbocycles. The molecule has 0 unspecified atom stereocenters. The molecule has 2 saturated heterocycles. The van der Waals surface area contributed by atoms with E-state index in [2.05, 4.69) is 4.90 Å². The Balaban J connectivity index is 1.06. The van der Waals surface area contributed by atoms with Crippen LogP contribution in [0.2, 0.25) is 5.02 Å². The molecular weight excluding hydrogens is 536 g/mol. The van der Waals surface area contributed by atoms with Gasteiger partial charge in [-0.05, 0) is 81.0 Å². The van der Waals surface area contributed by atoms with E-state index in [4.69, 9.17) is 11.6 Å². The lowest BCUT2D eigenvalue weighted by Crippen LogP contribution is -2.52. The van der Waals surface area contributed by atoms with Crippen LogP contribution in [0.1, 0.15) is 38.2 Å². The molecule has 3 fully saturated rings. The number of hydrogen-bond acceptors (Lipinski definition) is 5. The van der Waals surface area contributed by atoms with Crippen LogP contribution in [0.25, 0.3) is 0 Å². The molecule has 4 aliphatic rings. The maximum atomic E-state index is 13.5. The number of carbonyl (C=O) groups is 2. The summed E-state index contributed by atoms with van der Waals surface area (Å²) >= 11 is 6.14. The van der Waals surface area contributed by atoms with E-state index in [1.165, 1.54) is 4.31 Å². The summed E-state index contributed by atoms with van der Waals surface area (Å²) in [6.07, 6.45) is 3.61. The number of halogens is 1. The summed E-state index contributed by atoms with van der Waals surface area (Å²) in [5.74, 6) is 0.258. The highest BCUT2D eigenvalue weighted by molar-refractivity contribution is 7.89. The topological polar surface area (TPSA) is 81.2 Å². The van der Waals surface area contributed by atoms with E-state index in [9.17, 15) is 18.0 Å². The van der Waals surface area contributed by atoms with Gasteiger partial charge in [-0.3, -0.25) is 9.59 Å². The fraction of sp³-hybridized carbons (Fsp3) is 0.517. The van der Waals surface area contributed by atoms with Crippen molar-refractivity contribution in [1.82, 2.24) is 9.21 Å². The zero-order chi connectivity index (χ0) is 27.3. The van der Waals surface area contributed by atoms with Crippen molar-refractivity contribution in [3.05, 3.63) is 53.1 Å². The number of hydrogen-bond donors (Lipinski definition) is 0. The van der Waals surface area contributed by atoms with Crippen LogP contribution in [0.3, 0.4) is 0 Å². The molecule has 0 N–H and O–H groups in total. The molecule has 1 atom stereocenters. The smallest absolute Gasteiger partial charge is 0.243 e. The number of anilines is 2. The Hall–Kier alpha value is -2.62. The van der Waals surface area contributed by atoms with Gasteiger partial charge >= 0.3 is 0 Å². The molecule has 2 amide bonds. The lowest BCUT2D eigenvalue weighted by atomic mass is 9.96. The van der Waals surface area contributed by atoms with Gasteiger partial charge in [0.25, 0.3) is 0 Å². The van der Waals surface area contributed by atoms with E-state index in [1.807, 2.05) is 41.0 Å². The van der Waals surface area contributed by atoms with Crippen LogP contribution >= 0.6 is 11.6 Å². The van der Waals surface area contributed by atoms with Gasteiger partial charge in [-0.2, -0.15) is 4.31 Å². The molecule has 0 spiro atoms. The first-order valence-corrected chi connectivity index (χ1v) is 15.8. The van der Waals surface area contributed by atoms with Crippen molar-refractivity contribution in [1.29, 1.82) is 0 Å². The second-order valence-electron chi connectivity index (χ2n) is 11.3. The molecule has 2 aromatic carbocycles. The van der Waals surface area contributed by atoms with Crippen LogP contribution in [-0.4, -0.2) is 74.7 Å². The first-order valence-electron chi connectivity index (χ1n) is 14.0. The SMILES string of the molecule is C[C@@H]1Cc2cc(S(=O)(=O)N3CCC(C(=O)N4CCN(c5cccc(Cl)c5)CC4)CC3)ccc2N1C(=O)C1CC1. The average molecular weight is 571 g/mol. The molecule has 208 valence electrons. The zero-order valence-electron chi connectivity index (χ0n) is 22.3. The zero-order valence-corrected chi connectivity index (χ0v) is 23.8. The number of nitrogens with zero attached hydrogens (tertiary/aromatic N) is 4. The number of piperidine rings is 1. The fourth-order valence-electron chi connectivity index (χ4n) is 6.24. The van der Waals surface area contributed by atoms with Crippen molar-refractivity contribution >= 4 is 44.8 Å². The minimum atomic E-state index is -3.67. The maximum absolute atomic E-state index is 13.5. The van der Waals surface area contributed by atoms with Crippen molar-refractivity contribution in [2.24, 2.45) is 11.8 Å². The molecular formula is C29H35ClN4O4S. The lowest BCUT2D eigenvalue weighted by Gasteiger charge is -2.39. The van der Waals surface area contributed by atoms with Crippen LogP contribution in [0.5, 0.6) is 0 Å². The molecule has 6 rings (SSSR count). The molecule has 3 heterocycles. The fourth-order valence-corrected chi connectivity index (χ4v) is 7.94. The first-order chi connectivity index (χ1) is 18.7. The second kappa shape index (κ2) is 10.4. The second-order valence-corrected chi connectivity index (χ2v) is 13.7. The summed E-state index contributed by atoms with van der Waals surface area (Å²) in [7, 11) is -3.67. The van der Waals surface area contributed by atoms with E-state index >= 15 is 0 Å². The highest BCUT2D eigenvalue weighted by Gasteiger charge is 2.40. The van der Waals surface area contributed by atoms with Crippen molar-refractivity contribution < 1.29 is 18.0 Å². The molecule has 0 radical (unpaired) electrons. The molecule has 3 aliphatic heterocycles. The third kappa shape index (κ3) is 5.16. The van der Waals surface area contributed by atoms with Gasteiger partial charge in [0.15, 0.2) is 0 Å². The Kier molecular flexibility index (Phi) is 7.10. The summed E-state index contributed by atoms with van der Waals surface area (Å²) in [4.78, 5) is 32.3. The van der Waals surface area contributed by atoms with Gasteiger partial charge in [0.2, 0.25) is 21.8 Å². The third-order valence-electron chi connectivity index (χ3n) is 8.64. The summed E-state index contributed by atoms with van der Waals surface area (Å²) in [5.41, 5.74) is 2.83. The Morgan fingerprint density at radius 1 is 0.846 bits per heavy atom. The van der Waals surface area contributed by atoms with Crippen LogP contribution < -0.4 is 9.80 Å². The highest BCUT2D eigenvalue weighted by atomic mass is 35.5. The summed E-state index contributed by atoms with van der Waals surface area (Å²) in [5, 5.41) is 0.702. The summed E-state index contributed by atoms with van der Waals surface area (Å²) in [6.45, 7) is 5.49. The van der Waals surface area contributed by atoms with Crippen LogP contribution in [0.15, 0.2) is 47.4 Å². The number of sulfonamides is 1. The van der Waals surface area contributed by atoms with Gasteiger partial charge in [-0.15, -0.1) is 0 Å². The molecule has 39 heavy (non-hydrogen) atoms. The number of carbonyl (C=O) groups excluding carboxylic acids is 2. The molecule has 2 aromatic rings. The standard InChI is InChI=1S/C29H35ClN4O4S/c1-20-17-23-18-26(7-8-27(23)34(20)29(36)21-5-6-21)39(37,38)33-11-9-22(10-12-33)28(35)32-15-13-31(14-16-32)25-4-2-3-24(30)19-25/h2-4,7-8,18-22H,5-6,9-17H2,1H3/t20-/m1/s1. The normalized spacial score (nSPS) is 22.7. The molecule has 8 nitrogen and oxygen atoms in total. The predicted molar refractivity (Wildman–Crippen MR) is 152 cm³/mol. The monoisotopic (exact) mass is 570 g/mol. The largest absolute Gasteiger partial charge is 0.368 e. The maximum Gasteiger partial charge on any atom is 0.243 e. The lowest BCUT2D eigenvalue weighted by molar-refractivity contribution is -0.137. The molecule has 1 saturated carbocycles. The van der Waals surface area contributed by atoms with E-state index in [1.54, 1.807) is 18.2 Å². The van der Waals surface area contributed by atoms with Crippen molar-refractivity contribution in [3.63, 3.8) is 0 Å². The van der Waals surface area contributed by atoms with E-state index in [0.717, 1.165) is 42.9 Å². The van der Waals surface area contributed by atoms with Crippen molar-refractivity contribution in [2.45, 2.75) is 50.0 Å². The van der Waals surface area contributed by atoms with Gasteiger partial charge in [-0.25, -0.2) is 8.42 Å². The van der Waals surface area contributed by atoms with E-state index < -0.39 is 10.0 Å². The number of amides is 2. The van der Waals surface area contributed by atoms with Gasteiger partial charge in [0.05, 0.1) is 4.90 Å². The third-order valence-corrected chi connectivity index (χ3v) is 10.8. The van der Waals surface area contributed by atoms with Crippen LogP contribution in [-0.2, 0) is 26.0 Å². The summed E-state index contributed by atoms with van der Waals surface area (Å²) in [6, 6.07) is 13.0. The summed E-state index contributed by atoms with van der Waals surface area (Å²) < 4.78 is 28.5. The molecule has 10 heteroatoms. The Morgan fingerprint density at radius 2 is 1.54 bits per heavy atom.